The van der Waals surface area contributed by atoms with Gasteiger partial charge in [-0.15, -0.1) is 0 Å². The molecule has 0 unspecified atom stereocenters. The molecule has 2 aromatic rings. The fourth-order valence-electron chi connectivity index (χ4n) is 2.88. The molecule has 0 bridgehead atoms. The highest BCUT2D eigenvalue weighted by atomic mass is 16.5. The number of ether oxygens (including phenoxy) is 2. The molecule has 0 spiro atoms. The first kappa shape index (κ1) is 16.8. The van der Waals surface area contributed by atoms with E-state index in [4.69, 9.17) is 9.47 Å². The number of carbonyl (C=O) groups is 1. The maximum absolute atomic E-state index is 11.6. The topological polar surface area (TPSA) is 79.5 Å². The largest absolute Gasteiger partial charge is 0.494 e. The number of nitrogens with zero attached hydrogens (tertiary/aromatic N) is 1. The smallest absolute Gasteiger partial charge is 0.310 e. The zero-order valence-electron chi connectivity index (χ0n) is 14.8. The lowest BCUT2D eigenvalue weighted by Crippen LogP contribution is -2.06. The van der Waals surface area contributed by atoms with Gasteiger partial charge in [0, 0.05) is 18.0 Å². The fourth-order valence-corrected chi connectivity index (χ4v) is 2.88. The average Bonchev–Trinajstić information content (AvgIpc) is 3.31. The second kappa shape index (κ2) is 6.84. The van der Waals surface area contributed by atoms with E-state index in [1.807, 2.05) is 44.3 Å². The van der Waals surface area contributed by atoms with Gasteiger partial charge in [0.2, 0.25) is 0 Å². The Labute approximate surface area is 146 Å². The summed E-state index contributed by atoms with van der Waals surface area (Å²) in [6.45, 7) is 3.87. The third-order valence-electron chi connectivity index (χ3n) is 4.31. The number of aromatic nitrogens is 2. The molecular formula is C19H21N3O3. The number of H-pyrrole nitrogens is 2. The monoisotopic (exact) mass is 339 g/mol. The van der Waals surface area contributed by atoms with E-state index in [1.165, 1.54) is 7.11 Å². The van der Waals surface area contributed by atoms with Crippen LogP contribution in [0.5, 0.6) is 5.75 Å². The molecule has 0 aromatic carbocycles. The molecule has 0 aliphatic carbocycles. The van der Waals surface area contributed by atoms with Gasteiger partial charge in [-0.25, -0.2) is 0 Å². The molecule has 3 heterocycles. The number of hydrogen-bond donors (Lipinski definition) is 2. The Bertz CT molecular complexity index is 883. The Balaban J connectivity index is 1.97. The van der Waals surface area contributed by atoms with Crippen molar-refractivity contribution in [2.75, 3.05) is 14.2 Å². The Kier molecular flexibility index (Phi) is 4.61. The highest BCUT2D eigenvalue weighted by Crippen LogP contribution is 2.33. The number of rotatable bonds is 5. The lowest BCUT2D eigenvalue weighted by Gasteiger charge is -2.03. The number of allylic oxidation sites excluding steroid dienone is 1. The molecular weight excluding hydrogens is 318 g/mol. The molecule has 6 nitrogen and oxygen atoms in total. The third-order valence-corrected chi connectivity index (χ3v) is 4.31. The Morgan fingerprint density at radius 2 is 2.08 bits per heavy atom. The fraction of sp³-hybridized carbons (Fsp3) is 0.263. The number of aliphatic imine (C=N–C) groups is 1. The summed E-state index contributed by atoms with van der Waals surface area (Å²) < 4.78 is 10.2. The van der Waals surface area contributed by atoms with Crippen molar-refractivity contribution in [1.82, 2.24) is 9.97 Å². The number of carbonyl (C=O) groups excluding carboxylic acids is 1. The SMILES string of the molecule is COC(=O)CC1=C(C)/C(=C/c2[nH]c(-c3ccc[nH]3)cc2OC)N=C1C. The molecule has 2 N–H and O–H groups in total. The minimum Gasteiger partial charge on any atom is -0.494 e. The van der Waals surface area contributed by atoms with E-state index in [0.29, 0.717) is 0 Å². The predicted molar refractivity (Wildman–Crippen MR) is 97.6 cm³/mol. The van der Waals surface area contributed by atoms with Crippen LogP contribution < -0.4 is 4.74 Å². The molecule has 0 radical (unpaired) electrons. The van der Waals surface area contributed by atoms with Gasteiger partial charge in [0.05, 0.1) is 43.4 Å². The second-order valence-corrected chi connectivity index (χ2v) is 5.83. The van der Waals surface area contributed by atoms with Crippen LogP contribution in [-0.2, 0) is 9.53 Å². The number of methoxy groups -OCH3 is 2. The van der Waals surface area contributed by atoms with Crippen molar-refractivity contribution in [3.05, 3.63) is 46.9 Å². The van der Waals surface area contributed by atoms with Gasteiger partial charge in [-0.05, 0) is 43.2 Å². The van der Waals surface area contributed by atoms with Crippen LogP contribution in [0.1, 0.15) is 26.0 Å². The predicted octanol–water partition coefficient (Wildman–Crippen LogP) is 3.71. The summed E-state index contributed by atoms with van der Waals surface area (Å²) in [5, 5.41) is 0. The summed E-state index contributed by atoms with van der Waals surface area (Å²) in [5.74, 6) is 0.468. The molecule has 130 valence electrons. The lowest BCUT2D eigenvalue weighted by atomic mass is 10.0. The van der Waals surface area contributed by atoms with Gasteiger partial charge in [-0.3, -0.25) is 9.79 Å². The quantitative estimate of drug-likeness (QED) is 0.815. The molecule has 0 fully saturated rings. The second-order valence-electron chi connectivity index (χ2n) is 5.83. The molecule has 0 saturated carbocycles. The summed E-state index contributed by atoms with van der Waals surface area (Å²) >= 11 is 0. The first-order valence-electron chi connectivity index (χ1n) is 7.98. The molecule has 0 saturated heterocycles. The Morgan fingerprint density at radius 3 is 2.72 bits per heavy atom. The Hall–Kier alpha value is -3.02. The van der Waals surface area contributed by atoms with E-state index < -0.39 is 0 Å². The van der Waals surface area contributed by atoms with Crippen LogP contribution in [0.4, 0.5) is 0 Å². The van der Waals surface area contributed by atoms with Crippen molar-refractivity contribution >= 4 is 17.8 Å². The normalized spacial score (nSPS) is 15.7. The van der Waals surface area contributed by atoms with E-state index in [1.54, 1.807) is 7.11 Å². The Morgan fingerprint density at radius 1 is 1.28 bits per heavy atom. The highest BCUT2D eigenvalue weighted by Gasteiger charge is 2.21. The van der Waals surface area contributed by atoms with Gasteiger partial charge < -0.3 is 19.4 Å². The van der Waals surface area contributed by atoms with Crippen molar-refractivity contribution in [2.24, 2.45) is 4.99 Å². The summed E-state index contributed by atoms with van der Waals surface area (Å²) in [6.07, 6.45) is 4.04. The summed E-state index contributed by atoms with van der Waals surface area (Å²) in [7, 11) is 3.03. The van der Waals surface area contributed by atoms with Gasteiger partial charge >= 0.3 is 5.97 Å². The zero-order valence-corrected chi connectivity index (χ0v) is 14.8. The molecule has 0 amide bonds. The number of esters is 1. The van der Waals surface area contributed by atoms with E-state index in [-0.39, 0.29) is 12.4 Å². The van der Waals surface area contributed by atoms with Gasteiger partial charge in [-0.2, -0.15) is 0 Å². The number of nitrogens with one attached hydrogen (secondary N) is 2. The molecule has 6 heteroatoms. The molecule has 1 aliphatic heterocycles. The van der Waals surface area contributed by atoms with Crippen LogP contribution in [0.25, 0.3) is 17.5 Å². The lowest BCUT2D eigenvalue weighted by molar-refractivity contribution is -0.139. The van der Waals surface area contributed by atoms with E-state index in [2.05, 4.69) is 15.0 Å². The maximum Gasteiger partial charge on any atom is 0.310 e. The summed E-state index contributed by atoms with van der Waals surface area (Å²) in [6, 6.07) is 5.87. The summed E-state index contributed by atoms with van der Waals surface area (Å²) in [5.41, 5.74) is 6.28. The molecule has 0 atom stereocenters. The van der Waals surface area contributed by atoms with E-state index in [9.17, 15) is 4.79 Å². The van der Waals surface area contributed by atoms with Gasteiger partial charge in [0.25, 0.3) is 0 Å². The first-order chi connectivity index (χ1) is 12.0. The van der Waals surface area contributed by atoms with Crippen molar-refractivity contribution < 1.29 is 14.3 Å². The van der Waals surface area contributed by atoms with Crippen LogP contribution in [0, 0.1) is 0 Å². The van der Waals surface area contributed by atoms with Crippen molar-refractivity contribution in [1.29, 1.82) is 0 Å². The maximum atomic E-state index is 11.6. The molecule has 3 rings (SSSR count). The highest BCUT2D eigenvalue weighted by molar-refractivity contribution is 6.06. The molecule has 1 aliphatic rings. The van der Waals surface area contributed by atoms with Crippen LogP contribution in [0.3, 0.4) is 0 Å². The number of aromatic amines is 2. The minimum atomic E-state index is -0.267. The van der Waals surface area contributed by atoms with Crippen LogP contribution in [0.15, 0.2) is 46.2 Å². The van der Waals surface area contributed by atoms with Crippen molar-refractivity contribution in [2.45, 2.75) is 20.3 Å². The van der Waals surface area contributed by atoms with E-state index >= 15 is 0 Å². The summed E-state index contributed by atoms with van der Waals surface area (Å²) in [4.78, 5) is 22.7. The number of hydrogen-bond acceptors (Lipinski definition) is 4. The van der Waals surface area contributed by atoms with Crippen molar-refractivity contribution in [3.8, 4) is 17.1 Å². The van der Waals surface area contributed by atoms with Gasteiger partial charge in [0.1, 0.15) is 5.75 Å². The first-order valence-corrected chi connectivity index (χ1v) is 7.98. The average molecular weight is 339 g/mol. The minimum absolute atomic E-state index is 0.227. The van der Waals surface area contributed by atoms with Crippen molar-refractivity contribution in [3.63, 3.8) is 0 Å². The standard InChI is InChI=1S/C19H21N3O3/c1-11-13(8-19(23)25-4)12(2)21-15(11)9-17-18(24-3)10-16(22-17)14-6-5-7-20-14/h5-7,9-10,20,22H,8H2,1-4H3/b15-9-. The van der Waals surface area contributed by atoms with Crippen LogP contribution in [0.2, 0.25) is 0 Å². The zero-order chi connectivity index (χ0) is 18.0. The van der Waals surface area contributed by atoms with Crippen LogP contribution in [-0.4, -0.2) is 35.9 Å². The van der Waals surface area contributed by atoms with E-state index in [0.717, 1.165) is 45.4 Å². The van der Waals surface area contributed by atoms with Crippen LogP contribution >= 0.6 is 0 Å². The molecule has 25 heavy (non-hydrogen) atoms. The molecule has 2 aromatic heterocycles. The van der Waals surface area contributed by atoms with Gasteiger partial charge in [-0.1, -0.05) is 0 Å². The van der Waals surface area contributed by atoms with Gasteiger partial charge in [0.15, 0.2) is 0 Å². The third kappa shape index (κ3) is 3.28.